The van der Waals surface area contributed by atoms with E-state index < -0.39 is 0 Å². The summed E-state index contributed by atoms with van der Waals surface area (Å²) in [5.74, 6) is -0.0575. The van der Waals surface area contributed by atoms with Gasteiger partial charge in [-0.25, -0.2) is 4.79 Å². The van der Waals surface area contributed by atoms with E-state index in [2.05, 4.69) is 21.7 Å². The third-order valence-electron chi connectivity index (χ3n) is 5.32. The quantitative estimate of drug-likeness (QED) is 0.602. The summed E-state index contributed by atoms with van der Waals surface area (Å²) in [5, 5.41) is 15.7. The molecule has 0 bridgehead atoms. The highest BCUT2D eigenvalue weighted by Crippen LogP contribution is 2.32. The van der Waals surface area contributed by atoms with E-state index in [0.717, 1.165) is 27.4 Å². The van der Waals surface area contributed by atoms with Gasteiger partial charge in [0.05, 0.1) is 23.2 Å². The number of aromatic nitrogens is 1. The van der Waals surface area contributed by atoms with Crippen LogP contribution in [0.2, 0.25) is 0 Å². The van der Waals surface area contributed by atoms with Crippen LogP contribution in [0.3, 0.4) is 0 Å². The van der Waals surface area contributed by atoms with E-state index in [9.17, 15) is 9.59 Å². The Hall–Kier alpha value is -3.70. The maximum absolute atomic E-state index is 12.5. The van der Waals surface area contributed by atoms with Gasteiger partial charge in [0.15, 0.2) is 0 Å². The molecule has 0 atom stereocenters. The Labute approximate surface area is 190 Å². The Morgan fingerprint density at radius 3 is 2.81 bits per heavy atom. The number of hydrogen-bond acceptors (Lipinski definition) is 5. The van der Waals surface area contributed by atoms with E-state index in [4.69, 9.17) is 5.26 Å². The molecule has 1 aliphatic heterocycles. The van der Waals surface area contributed by atoms with Crippen LogP contribution < -0.4 is 10.6 Å². The molecule has 0 radical (unpaired) electrons. The monoisotopic (exact) mass is 445 g/mol. The summed E-state index contributed by atoms with van der Waals surface area (Å²) in [6.45, 7) is 1.65. The number of carbonyl (C=O) groups excluding carboxylic acids is 2. The average Bonchev–Trinajstić information content (AvgIpc) is 3.23. The number of urea groups is 1. The predicted molar refractivity (Wildman–Crippen MR) is 123 cm³/mol. The zero-order valence-corrected chi connectivity index (χ0v) is 18.3. The molecule has 2 aromatic heterocycles. The second-order valence-electron chi connectivity index (χ2n) is 7.61. The molecule has 3 aromatic rings. The van der Waals surface area contributed by atoms with Crippen LogP contribution in [0.5, 0.6) is 0 Å². The first kappa shape index (κ1) is 21.5. The number of nitriles is 1. The first-order chi connectivity index (χ1) is 15.6. The van der Waals surface area contributed by atoms with Crippen molar-refractivity contribution in [3.63, 3.8) is 0 Å². The van der Waals surface area contributed by atoms with Crippen LogP contribution in [0.1, 0.15) is 33.6 Å². The van der Waals surface area contributed by atoms with Gasteiger partial charge in [-0.1, -0.05) is 12.1 Å². The molecule has 8 heteroatoms. The van der Waals surface area contributed by atoms with Gasteiger partial charge in [0.2, 0.25) is 5.91 Å². The van der Waals surface area contributed by atoms with Crippen LogP contribution in [0.25, 0.3) is 0 Å². The lowest BCUT2D eigenvalue weighted by Gasteiger charge is -2.27. The van der Waals surface area contributed by atoms with Crippen molar-refractivity contribution in [2.75, 3.05) is 11.9 Å². The zero-order chi connectivity index (χ0) is 22.3. The van der Waals surface area contributed by atoms with Crippen molar-refractivity contribution >= 4 is 28.3 Å². The number of thiophene rings is 1. The van der Waals surface area contributed by atoms with Gasteiger partial charge in [0.1, 0.15) is 0 Å². The smallest absolute Gasteiger partial charge is 0.318 e. The zero-order valence-electron chi connectivity index (χ0n) is 17.5. The molecule has 0 unspecified atom stereocenters. The van der Waals surface area contributed by atoms with E-state index in [1.54, 1.807) is 23.4 Å². The molecule has 7 nitrogen and oxygen atoms in total. The van der Waals surface area contributed by atoms with Gasteiger partial charge in [0, 0.05) is 36.8 Å². The largest absolute Gasteiger partial charge is 0.334 e. The van der Waals surface area contributed by atoms with Crippen LogP contribution >= 0.6 is 11.3 Å². The topological polar surface area (TPSA) is 98.1 Å². The number of amides is 3. The van der Waals surface area contributed by atoms with Gasteiger partial charge in [-0.05, 0) is 59.9 Å². The number of pyridine rings is 1. The molecule has 3 amide bonds. The molecule has 0 saturated heterocycles. The second-order valence-corrected chi connectivity index (χ2v) is 8.74. The molecule has 0 aliphatic carbocycles. The lowest BCUT2D eigenvalue weighted by Crippen LogP contribution is -2.42. The highest BCUT2D eigenvalue weighted by atomic mass is 32.1. The molecular formula is C24H23N5O2S. The maximum atomic E-state index is 12.5. The average molecular weight is 446 g/mol. The van der Waals surface area contributed by atoms with Crippen molar-refractivity contribution in [3.8, 4) is 6.07 Å². The summed E-state index contributed by atoms with van der Waals surface area (Å²) in [6, 6.07) is 15.1. The Morgan fingerprint density at radius 2 is 2.00 bits per heavy atom. The first-order valence-corrected chi connectivity index (χ1v) is 11.2. The lowest BCUT2D eigenvalue weighted by molar-refractivity contribution is -0.116. The van der Waals surface area contributed by atoms with Crippen LogP contribution in [-0.4, -0.2) is 28.4 Å². The standard InChI is InChI=1S/C24H23N5O2S/c25-14-19-3-1-2-17(12-19)4-5-22(30)28-23-13-20-8-11-29(16-21(20)32-23)24(31)27-15-18-6-9-26-10-7-18/h1-3,6-7,9-10,12-13H,4-5,8,11,15-16H2,(H,27,31)(H,28,30). The van der Waals surface area contributed by atoms with Crippen LogP contribution in [0.4, 0.5) is 9.80 Å². The number of hydrogen-bond donors (Lipinski definition) is 2. The van der Waals surface area contributed by atoms with Gasteiger partial charge in [-0.15, -0.1) is 11.3 Å². The summed E-state index contributed by atoms with van der Waals surface area (Å²) in [7, 11) is 0. The Balaban J connectivity index is 1.28. The summed E-state index contributed by atoms with van der Waals surface area (Å²) >= 11 is 1.52. The van der Waals surface area contributed by atoms with Gasteiger partial charge in [-0.2, -0.15) is 5.26 Å². The minimum atomic E-state index is -0.0916. The summed E-state index contributed by atoms with van der Waals surface area (Å²) in [4.78, 5) is 31.8. The van der Waals surface area contributed by atoms with E-state index in [0.29, 0.717) is 38.0 Å². The number of benzene rings is 1. The number of aryl methyl sites for hydroxylation is 1. The summed E-state index contributed by atoms with van der Waals surface area (Å²) in [6.07, 6.45) is 5.11. The molecule has 4 rings (SSSR count). The van der Waals surface area contributed by atoms with Gasteiger partial charge >= 0.3 is 6.03 Å². The Morgan fingerprint density at radius 1 is 1.16 bits per heavy atom. The summed E-state index contributed by atoms with van der Waals surface area (Å²) < 4.78 is 0. The molecule has 0 spiro atoms. The normalized spacial score (nSPS) is 12.5. The fourth-order valence-corrected chi connectivity index (χ4v) is 4.74. The van der Waals surface area contributed by atoms with Gasteiger partial charge in [-0.3, -0.25) is 9.78 Å². The van der Waals surface area contributed by atoms with E-state index in [-0.39, 0.29) is 11.9 Å². The van der Waals surface area contributed by atoms with E-state index in [1.807, 2.05) is 36.4 Å². The molecule has 1 aliphatic rings. The number of nitrogens with zero attached hydrogens (tertiary/aromatic N) is 3. The number of anilines is 1. The molecule has 2 N–H and O–H groups in total. The maximum Gasteiger partial charge on any atom is 0.318 e. The third kappa shape index (κ3) is 5.50. The Kier molecular flexibility index (Phi) is 6.78. The Bertz CT molecular complexity index is 1150. The minimum absolute atomic E-state index is 0.0575. The van der Waals surface area contributed by atoms with E-state index >= 15 is 0 Å². The fourth-order valence-electron chi connectivity index (χ4n) is 3.60. The molecule has 1 aromatic carbocycles. The van der Waals surface area contributed by atoms with Crippen molar-refractivity contribution in [3.05, 3.63) is 82.0 Å². The van der Waals surface area contributed by atoms with Crippen molar-refractivity contribution < 1.29 is 9.59 Å². The second kappa shape index (κ2) is 10.1. The summed E-state index contributed by atoms with van der Waals surface area (Å²) in [5.41, 5.74) is 3.76. The number of nitrogens with one attached hydrogen (secondary N) is 2. The number of fused-ring (bicyclic) bond motifs is 1. The van der Waals surface area contributed by atoms with Crippen molar-refractivity contribution in [1.82, 2.24) is 15.2 Å². The van der Waals surface area contributed by atoms with Gasteiger partial charge < -0.3 is 15.5 Å². The van der Waals surface area contributed by atoms with Crippen LogP contribution in [0.15, 0.2) is 54.9 Å². The minimum Gasteiger partial charge on any atom is -0.334 e. The molecular weight excluding hydrogens is 422 g/mol. The number of carbonyl (C=O) groups is 2. The molecule has 162 valence electrons. The highest BCUT2D eigenvalue weighted by molar-refractivity contribution is 7.16. The first-order valence-electron chi connectivity index (χ1n) is 10.4. The van der Waals surface area contributed by atoms with Crippen molar-refractivity contribution in [1.29, 1.82) is 5.26 Å². The number of rotatable bonds is 6. The van der Waals surface area contributed by atoms with Crippen molar-refractivity contribution in [2.45, 2.75) is 32.4 Å². The van der Waals surface area contributed by atoms with Gasteiger partial charge in [0.25, 0.3) is 0 Å². The third-order valence-corrected chi connectivity index (χ3v) is 6.40. The molecule has 32 heavy (non-hydrogen) atoms. The molecule has 0 saturated carbocycles. The van der Waals surface area contributed by atoms with Crippen LogP contribution in [-0.2, 0) is 30.7 Å². The predicted octanol–water partition coefficient (Wildman–Crippen LogP) is 3.85. The SMILES string of the molecule is N#Cc1cccc(CCC(=O)Nc2cc3c(s2)CN(C(=O)NCc2ccncc2)CC3)c1. The molecule has 3 heterocycles. The fraction of sp³-hybridized carbons (Fsp3) is 0.250. The van der Waals surface area contributed by atoms with Crippen molar-refractivity contribution in [2.24, 2.45) is 0 Å². The highest BCUT2D eigenvalue weighted by Gasteiger charge is 2.23. The molecule has 0 fully saturated rings. The van der Waals surface area contributed by atoms with Crippen LogP contribution in [0, 0.1) is 11.3 Å². The lowest BCUT2D eigenvalue weighted by atomic mass is 10.1. The van der Waals surface area contributed by atoms with E-state index in [1.165, 1.54) is 16.9 Å².